The van der Waals surface area contributed by atoms with Gasteiger partial charge in [-0.2, -0.15) is 0 Å². The van der Waals surface area contributed by atoms with Crippen LogP contribution in [-0.2, 0) is 0 Å². The Morgan fingerprint density at radius 1 is 1.15 bits per heavy atom. The summed E-state index contributed by atoms with van der Waals surface area (Å²) in [6.07, 6.45) is 9.90. The smallest absolute Gasteiger partial charge is 0.130 e. The van der Waals surface area contributed by atoms with Crippen molar-refractivity contribution in [1.82, 2.24) is 0 Å². The average molecular weight is 363 g/mol. The maximum Gasteiger partial charge on any atom is 0.130 e. The minimum absolute atomic E-state index is 0. The summed E-state index contributed by atoms with van der Waals surface area (Å²) in [4.78, 5) is 0. The first-order chi connectivity index (χ1) is 11.7. The highest BCUT2D eigenvalue weighted by Crippen LogP contribution is 2.66. The molecule has 146 valence electrons. The average Bonchev–Trinajstić information content (AvgIpc) is 2.81. The fourth-order valence-corrected chi connectivity index (χ4v) is 6.99. The molecule has 0 aromatic heterocycles. The Balaban J connectivity index is 0.00000196. The van der Waals surface area contributed by atoms with Crippen molar-refractivity contribution in [3.05, 3.63) is 11.6 Å². The molecule has 3 fully saturated rings. The van der Waals surface area contributed by atoms with E-state index in [9.17, 15) is 20.4 Å². The highest BCUT2D eigenvalue weighted by molar-refractivity contribution is 5.31. The van der Waals surface area contributed by atoms with Crippen LogP contribution < -0.4 is 0 Å². The molecule has 4 aliphatic carbocycles. The topological polar surface area (TPSA) is 80.9 Å². The number of aliphatic hydroxyl groups is 4. The normalized spacial score (nSPS) is 55.5. The fourth-order valence-electron chi connectivity index (χ4n) is 6.99. The molecule has 9 atom stereocenters. The van der Waals surface area contributed by atoms with Gasteiger partial charge in [-0.3, -0.25) is 0 Å². The zero-order valence-corrected chi connectivity index (χ0v) is 15.2. The number of fused-ring (bicyclic) bond motifs is 5. The van der Waals surface area contributed by atoms with Gasteiger partial charge in [0.2, 0.25) is 0 Å². The van der Waals surface area contributed by atoms with Gasteiger partial charge in [-0.1, -0.05) is 38.8 Å². The van der Waals surface area contributed by atoms with E-state index in [1.54, 1.807) is 0 Å². The number of terminal acetylenes is 1. The van der Waals surface area contributed by atoms with Crippen molar-refractivity contribution in [1.29, 1.82) is 0 Å². The lowest BCUT2D eigenvalue weighted by molar-refractivity contribution is -0.172. The summed E-state index contributed by atoms with van der Waals surface area (Å²) in [5.74, 6) is 2.55. The maximum absolute atomic E-state index is 11.2. The van der Waals surface area contributed by atoms with Crippen LogP contribution in [0.25, 0.3) is 0 Å². The van der Waals surface area contributed by atoms with Gasteiger partial charge < -0.3 is 20.4 Å². The van der Waals surface area contributed by atoms with Gasteiger partial charge in [0.15, 0.2) is 0 Å². The fraction of sp³-hybridized carbons (Fsp3) is 0.818. The van der Waals surface area contributed by atoms with E-state index in [2.05, 4.69) is 12.8 Å². The summed E-state index contributed by atoms with van der Waals surface area (Å²) in [6.45, 7) is 4.17. The lowest BCUT2D eigenvalue weighted by Crippen LogP contribution is -2.62. The summed E-state index contributed by atoms with van der Waals surface area (Å²) < 4.78 is 0. The Hall–Kier alpha value is -0.860. The third kappa shape index (κ3) is 2.31. The molecular weight excluding hydrogens is 328 g/mol. The number of aliphatic hydroxyl groups excluding tert-OH is 3. The molecule has 0 saturated heterocycles. The van der Waals surface area contributed by atoms with E-state index >= 15 is 0 Å². The number of hydrogen-bond acceptors (Lipinski definition) is 4. The molecule has 0 aromatic rings. The predicted octanol–water partition coefficient (Wildman–Crippen LogP) is 2.25. The van der Waals surface area contributed by atoms with E-state index < -0.39 is 23.2 Å². The van der Waals surface area contributed by atoms with E-state index in [1.807, 2.05) is 13.0 Å². The van der Waals surface area contributed by atoms with Crippen LogP contribution in [0.5, 0.6) is 0 Å². The van der Waals surface area contributed by atoms with E-state index in [0.717, 1.165) is 24.8 Å². The lowest BCUT2D eigenvalue weighted by Gasteiger charge is -2.61. The van der Waals surface area contributed by atoms with E-state index in [-0.39, 0.29) is 36.7 Å². The molecule has 0 bridgehead atoms. The minimum Gasteiger partial charge on any atom is -0.393 e. The monoisotopic (exact) mass is 362 g/mol. The van der Waals surface area contributed by atoms with Crippen LogP contribution in [0.2, 0.25) is 0 Å². The van der Waals surface area contributed by atoms with Gasteiger partial charge in [-0.25, -0.2) is 0 Å². The largest absolute Gasteiger partial charge is 0.393 e. The first kappa shape index (κ1) is 19.9. The summed E-state index contributed by atoms with van der Waals surface area (Å²) in [5, 5.41) is 43.2. The summed E-state index contributed by atoms with van der Waals surface area (Å²) in [6, 6.07) is 0. The van der Waals surface area contributed by atoms with Crippen molar-refractivity contribution in [3.8, 4) is 12.3 Å². The predicted molar refractivity (Wildman–Crippen MR) is 101 cm³/mol. The maximum atomic E-state index is 11.2. The number of hydrogen-bond donors (Lipinski definition) is 4. The molecule has 0 aliphatic heterocycles. The van der Waals surface area contributed by atoms with Gasteiger partial charge in [0.1, 0.15) is 5.60 Å². The molecule has 3 saturated carbocycles. The zero-order chi connectivity index (χ0) is 18.2. The van der Waals surface area contributed by atoms with Crippen LogP contribution >= 0.6 is 0 Å². The summed E-state index contributed by atoms with van der Waals surface area (Å²) in [7, 11) is 0. The molecular formula is C22H34O4. The molecule has 0 radical (unpaired) electrons. The van der Waals surface area contributed by atoms with Crippen LogP contribution in [0.1, 0.15) is 59.8 Å². The summed E-state index contributed by atoms with van der Waals surface area (Å²) >= 11 is 0. The van der Waals surface area contributed by atoms with Gasteiger partial charge in [0, 0.05) is 5.41 Å². The van der Waals surface area contributed by atoms with Crippen LogP contribution in [0.3, 0.4) is 0 Å². The molecule has 0 heterocycles. The van der Waals surface area contributed by atoms with E-state index in [1.165, 1.54) is 0 Å². The first-order valence-electron chi connectivity index (χ1n) is 9.62. The minimum atomic E-state index is -1.21. The zero-order valence-electron chi connectivity index (χ0n) is 15.2. The lowest BCUT2D eigenvalue weighted by atomic mass is 9.45. The molecule has 0 amide bonds. The molecule has 0 aromatic carbocycles. The highest BCUT2D eigenvalue weighted by atomic mass is 16.3. The van der Waals surface area contributed by atoms with Crippen molar-refractivity contribution >= 4 is 0 Å². The van der Waals surface area contributed by atoms with Crippen LogP contribution in [0.4, 0.5) is 0 Å². The Morgan fingerprint density at radius 3 is 2.50 bits per heavy atom. The SMILES string of the molecule is C.C#CC1(O)CCC2[C@H]3[C@H]([C@H](O)C[C@@]21C)[C@@]1(C)CC[C@H](O)CC1=C[C@@H]3O. The van der Waals surface area contributed by atoms with Crippen LogP contribution in [0.15, 0.2) is 11.6 Å². The van der Waals surface area contributed by atoms with Gasteiger partial charge in [0.25, 0.3) is 0 Å². The van der Waals surface area contributed by atoms with Gasteiger partial charge in [-0.05, 0) is 61.7 Å². The Bertz CT molecular complexity index is 651. The standard InChI is InChI=1S/C21H30O4.CH4/c1-4-21(25)8-6-14-17-15(23)10-12-9-13(22)5-7-19(12,2)18(17)16(24)11-20(14,21)3;/h1,10,13-18,22-25H,5-9,11H2,2-3H3;1H4/t13-,14?,15-,16+,17+,18-,19-,20-,21?;/m0./s1. The van der Waals surface area contributed by atoms with E-state index in [0.29, 0.717) is 19.3 Å². The molecule has 2 unspecified atom stereocenters. The second kappa shape index (κ2) is 6.07. The molecule has 0 spiro atoms. The van der Waals surface area contributed by atoms with Crippen molar-refractivity contribution in [2.24, 2.45) is 28.6 Å². The van der Waals surface area contributed by atoms with Crippen molar-refractivity contribution < 1.29 is 20.4 Å². The highest BCUT2D eigenvalue weighted by Gasteiger charge is 2.67. The third-order valence-electron chi connectivity index (χ3n) is 8.43. The Kier molecular flexibility index (Phi) is 4.64. The Morgan fingerprint density at radius 2 is 1.85 bits per heavy atom. The molecule has 4 rings (SSSR count). The van der Waals surface area contributed by atoms with Gasteiger partial charge in [-0.15, -0.1) is 6.42 Å². The first-order valence-corrected chi connectivity index (χ1v) is 9.62. The van der Waals surface area contributed by atoms with Crippen molar-refractivity contribution in [2.75, 3.05) is 0 Å². The van der Waals surface area contributed by atoms with Crippen LogP contribution in [0, 0.1) is 40.9 Å². The second-order valence-corrected chi connectivity index (χ2v) is 9.44. The molecule has 26 heavy (non-hydrogen) atoms. The van der Waals surface area contributed by atoms with Crippen molar-refractivity contribution in [2.45, 2.75) is 83.7 Å². The van der Waals surface area contributed by atoms with Gasteiger partial charge >= 0.3 is 0 Å². The second-order valence-electron chi connectivity index (χ2n) is 9.44. The molecule has 4 N–H and O–H groups in total. The quantitative estimate of drug-likeness (QED) is 0.394. The Labute approximate surface area is 157 Å². The molecule has 4 heteroatoms. The molecule has 4 nitrogen and oxygen atoms in total. The van der Waals surface area contributed by atoms with Crippen molar-refractivity contribution in [3.63, 3.8) is 0 Å². The molecule has 4 aliphatic rings. The van der Waals surface area contributed by atoms with E-state index in [4.69, 9.17) is 6.42 Å². The van der Waals surface area contributed by atoms with Gasteiger partial charge in [0.05, 0.1) is 18.3 Å². The third-order valence-corrected chi connectivity index (χ3v) is 8.43. The van der Waals surface area contributed by atoms with Crippen LogP contribution in [-0.4, -0.2) is 44.3 Å². The number of rotatable bonds is 0. The summed E-state index contributed by atoms with van der Waals surface area (Å²) in [5.41, 5.74) is -0.885.